The Hall–Kier alpha value is -0.940. The lowest BCUT2D eigenvalue weighted by Crippen LogP contribution is -2.15. The highest BCUT2D eigenvalue weighted by Gasteiger charge is 2.42. The number of aliphatic hydroxyl groups excluding tert-OH is 1. The van der Waals surface area contributed by atoms with Crippen molar-refractivity contribution in [1.29, 1.82) is 0 Å². The van der Waals surface area contributed by atoms with Gasteiger partial charge in [-0.1, -0.05) is 11.6 Å². The van der Waals surface area contributed by atoms with Crippen molar-refractivity contribution in [3.63, 3.8) is 0 Å². The number of fused-ring (bicyclic) bond motifs is 2. The van der Waals surface area contributed by atoms with Crippen LogP contribution in [0.3, 0.4) is 0 Å². The minimum atomic E-state index is -0.284. The van der Waals surface area contributed by atoms with E-state index < -0.39 is 0 Å². The predicted molar refractivity (Wildman–Crippen MR) is 63.9 cm³/mol. The summed E-state index contributed by atoms with van der Waals surface area (Å²) in [5.74, 6) is 3.76. The average Bonchev–Trinajstić information content (AvgIpc) is 3.12. The van der Waals surface area contributed by atoms with Gasteiger partial charge in [0.2, 0.25) is 5.89 Å². The number of aromatic nitrogens is 2. The molecule has 1 aromatic heterocycles. The molecule has 2 bridgehead atoms. The zero-order valence-corrected chi connectivity index (χ0v) is 10.4. The normalized spacial score (nSPS) is 42.8. The summed E-state index contributed by atoms with van der Waals surface area (Å²) < 4.78 is 5.38. The monoisotopic (exact) mass is 249 g/mol. The van der Waals surface area contributed by atoms with Gasteiger partial charge in [0.25, 0.3) is 0 Å². The molecular formula is C13H19N3O2. The van der Waals surface area contributed by atoms with Crippen molar-refractivity contribution >= 4 is 0 Å². The minimum Gasteiger partial charge on any atom is -0.392 e. The van der Waals surface area contributed by atoms with Crippen LogP contribution in [0.25, 0.3) is 0 Å². The Balaban J connectivity index is 1.52. The second-order valence-electron chi connectivity index (χ2n) is 6.12. The highest BCUT2D eigenvalue weighted by molar-refractivity contribution is 5.08. The van der Waals surface area contributed by atoms with Crippen LogP contribution in [0.1, 0.15) is 55.8 Å². The summed E-state index contributed by atoms with van der Waals surface area (Å²) >= 11 is 0. The summed E-state index contributed by atoms with van der Waals surface area (Å²) in [7, 11) is 0. The Labute approximate surface area is 106 Å². The Kier molecular flexibility index (Phi) is 2.45. The first kappa shape index (κ1) is 10.9. The maximum absolute atomic E-state index is 9.51. The van der Waals surface area contributed by atoms with Gasteiger partial charge in [0.15, 0.2) is 5.82 Å². The van der Waals surface area contributed by atoms with Crippen LogP contribution in [-0.2, 0) is 0 Å². The van der Waals surface area contributed by atoms with Crippen LogP contribution >= 0.6 is 0 Å². The van der Waals surface area contributed by atoms with Crippen LogP contribution in [-0.4, -0.2) is 27.9 Å². The molecule has 0 spiro atoms. The van der Waals surface area contributed by atoms with E-state index in [0.717, 1.165) is 17.7 Å². The molecule has 2 heterocycles. The number of nitrogens with one attached hydrogen (secondary N) is 1. The molecular weight excluding hydrogens is 230 g/mol. The number of hydrogen-bond acceptors (Lipinski definition) is 5. The van der Waals surface area contributed by atoms with Crippen molar-refractivity contribution in [3.05, 3.63) is 11.7 Å². The van der Waals surface area contributed by atoms with Crippen LogP contribution < -0.4 is 5.32 Å². The van der Waals surface area contributed by atoms with E-state index in [-0.39, 0.29) is 12.1 Å². The molecule has 3 unspecified atom stereocenters. The number of aliphatic hydroxyl groups is 1. The maximum Gasteiger partial charge on any atom is 0.243 e. The highest BCUT2D eigenvalue weighted by Crippen LogP contribution is 2.52. The third-order valence-electron chi connectivity index (χ3n) is 4.93. The summed E-state index contributed by atoms with van der Waals surface area (Å²) in [6, 6.07) is 0.0415. The van der Waals surface area contributed by atoms with Gasteiger partial charge in [-0.2, -0.15) is 4.98 Å². The molecule has 5 atom stereocenters. The van der Waals surface area contributed by atoms with Crippen molar-refractivity contribution in [3.8, 4) is 0 Å². The zero-order valence-electron chi connectivity index (χ0n) is 10.4. The van der Waals surface area contributed by atoms with E-state index in [9.17, 15) is 5.11 Å². The van der Waals surface area contributed by atoms with E-state index in [2.05, 4.69) is 15.5 Å². The average molecular weight is 249 g/mol. The summed E-state index contributed by atoms with van der Waals surface area (Å²) in [6.07, 6.45) is 5.72. The van der Waals surface area contributed by atoms with Crippen LogP contribution in [0, 0.1) is 11.8 Å². The second kappa shape index (κ2) is 4.03. The Bertz CT molecular complexity index is 447. The third-order valence-corrected chi connectivity index (χ3v) is 4.93. The summed E-state index contributed by atoms with van der Waals surface area (Å²) in [6.45, 7) is 0.622. The Morgan fingerprint density at radius 1 is 1.22 bits per heavy atom. The fourth-order valence-electron chi connectivity index (χ4n) is 4.01. The van der Waals surface area contributed by atoms with Crippen molar-refractivity contribution < 1.29 is 9.63 Å². The van der Waals surface area contributed by atoms with Gasteiger partial charge < -0.3 is 14.9 Å². The molecule has 2 aliphatic carbocycles. The lowest BCUT2D eigenvalue weighted by molar-refractivity contribution is 0.191. The maximum atomic E-state index is 9.51. The Morgan fingerprint density at radius 2 is 2.17 bits per heavy atom. The molecule has 5 heteroatoms. The number of nitrogens with zero attached hydrogens (tertiary/aromatic N) is 2. The van der Waals surface area contributed by atoms with Crippen LogP contribution in [0.2, 0.25) is 0 Å². The molecule has 0 aromatic carbocycles. The van der Waals surface area contributed by atoms with E-state index in [1.807, 2.05) is 0 Å². The largest absolute Gasteiger partial charge is 0.392 e. The second-order valence-corrected chi connectivity index (χ2v) is 6.12. The minimum absolute atomic E-state index is 0.0415. The molecule has 1 saturated heterocycles. The first-order valence-corrected chi connectivity index (χ1v) is 7.04. The quantitative estimate of drug-likeness (QED) is 0.828. The summed E-state index contributed by atoms with van der Waals surface area (Å²) in [4.78, 5) is 4.58. The Morgan fingerprint density at radius 3 is 2.83 bits per heavy atom. The number of hydrogen-bond donors (Lipinski definition) is 2. The van der Waals surface area contributed by atoms with Gasteiger partial charge in [-0.05, 0) is 37.5 Å². The van der Waals surface area contributed by atoms with E-state index >= 15 is 0 Å². The van der Waals surface area contributed by atoms with Crippen molar-refractivity contribution in [2.45, 2.75) is 50.2 Å². The fraction of sp³-hybridized carbons (Fsp3) is 0.846. The lowest BCUT2D eigenvalue weighted by atomic mass is 9.88. The van der Waals surface area contributed by atoms with Gasteiger partial charge in [0.05, 0.1) is 12.1 Å². The first-order valence-electron chi connectivity index (χ1n) is 7.04. The third kappa shape index (κ3) is 1.68. The van der Waals surface area contributed by atoms with Gasteiger partial charge in [0.1, 0.15) is 0 Å². The van der Waals surface area contributed by atoms with E-state index in [4.69, 9.17) is 4.52 Å². The zero-order chi connectivity index (χ0) is 12.1. The van der Waals surface area contributed by atoms with Gasteiger partial charge in [0, 0.05) is 12.5 Å². The van der Waals surface area contributed by atoms with Crippen LogP contribution in [0.4, 0.5) is 0 Å². The van der Waals surface area contributed by atoms with E-state index in [0.29, 0.717) is 24.8 Å². The molecule has 4 rings (SSSR count). The van der Waals surface area contributed by atoms with Gasteiger partial charge in [-0.25, -0.2) is 0 Å². The molecule has 98 valence electrons. The smallest absolute Gasteiger partial charge is 0.243 e. The predicted octanol–water partition coefficient (Wildman–Crippen LogP) is 1.37. The van der Waals surface area contributed by atoms with Crippen molar-refractivity contribution in [2.75, 3.05) is 6.54 Å². The SMILES string of the molecule is O[C@@H]1CN[C@H](c2nc(C3CC4CCC3C4)no2)C1. The van der Waals surface area contributed by atoms with Crippen LogP contribution in [0.5, 0.6) is 0 Å². The molecule has 5 nitrogen and oxygen atoms in total. The molecule has 2 N–H and O–H groups in total. The van der Waals surface area contributed by atoms with Crippen molar-refractivity contribution in [1.82, 2.24) is 15.5 Å². The van der Waals surface area contributed by atoms with Gasteiger partial charge in [-0.3, -0.25) is 0 Å². The molecule has 0 radical (unpaired) electrons. The van der Waals surface area contributed by atoms with E-state index in [1.165, 1.54) is 25.7 Å². The highest BCUT2D eigenvalue weighted by atomic mass is 16.5. The molecule has 2 saturated carbocycles. The van der Waals surface area contributed by atoms with Gasteiger partial charge in [-0.15, -0.1) is 0 Å². The number of rotatable bonds is 2. The summed E-state index contributed by atoms with van der Waals surface area (Å²) in [5.41, 5.74) is 0. The lowest BCUT2D eigenvalue weighted by Gasteiger charge is -2.17. The van der Waals surface area contributed by atoms with Crippen LogP contribution in [0.15, 0.2) is 4.52 Å². The molecule has 1 aliphatic heterocycles. The fourth-order valence-corrected chi connectivity index (χ4v) is 4.01. The van der Waals surface area contributed by atoms with Gasteiger partial charge >= 0.3 is 0 Å². The number of β-amino-alcohol motifs (C(OH)–C–C–N with tert-alkyl or cyclic N) is 1. The summed E-state index contributed by atoms with van der Waals surface area (Å²) in [5, 5.41) is 16.9. The standard InChI is InChI=1S/C13H19N3O2/c17-9-5-11(14-6-9)13-15-12(16-18-13)10-4-7-1-2-8(10)3-7/h7-11,14,17H,1-6H2/t7?,8?,9-,10?,11-/m0/s1. The molecule has 3 fully saturated rings. The van der Waals surface area contributed by atoms with Crippen molar-refractivity contribution in [2.24, 2.45) is 11.8 Å². The molecule has 3 aliphatic rings. The molecule has 0 amide bonds. The van der Waals surface area contributed by atoms with E-state index in [1.54, 1.807) is 0 Å². The molecule has 18 heavy (non-hydrogen) atoms. The molecule has 1 aromatic rings. The topological polar surface area (TPSA) is 71.2 Å². The first-order chi connectivity index (χ1) is 8.79.